The van der Waals surface area contributed by atoms with E-state index in [1.54, 1.807) is 12.1 Å². The summed E-state index contributed by atoms with van der Waals surface area (Å²) in [5, 5.41) is 4.00. The van der Waals surface area contributed by atoms with E-state index in [2.05, 4.69) is 26.1 Å². The van der Waals surface area contributed by atoms with E-state index in [4.69, 9.17) is 0 Å². The van der Waals surface area contributed by atoms with Crippen molar-refractivity contribution in [3.8, 4) is 0 Å². The lowest BCUT2D eigenvalue weighted by molar-refractivity contribution is 0.588. The lowest BCUT2D eigenvalue weighted by atomic mass is 10.1. The molecule has 1 aromatic rings. The molecule has 1 N–H and O–H groups in total. The van der Waals surface area contributed by atoms with Gasteiger partial charge < -0.3 is 5.32 Å². The molecule has 0 aliphatic rings. The fraction of sp³-hybridized carbons (Fsp3) is 0.538. The molecular formula is C13H20FNS. The fourth-order valence-corrected chi connectivity index (χ4v) is 2.42. The first kappa shape index (κ1) is 13.5. The van der Waals surface area contributed by atoms with Crippen molar-refractivity contribution in [1.29, 1.82) is 0 Å². The molecule has 0 saturated heterocycles. The third-order valence-corrected chi connectivity index (χ3v) is 3.49. The van der Waals surface area contributed by atoms with Crippen molar-refractivity contribution in [3.63, 3.8) is 0 Å². The average Bonchev–Trinajstić information content (AvgIpc) is 2.24. The normalized spacial score (nSPS) is 13.1. The van der Waals surface area contributed by atoms with Gasteiger partial charge in [-0.2, -0.15) is 11.8 Å². The zero-order chi connectivity index (χ0) is 12.0. The van der Waals surface area contributed by atoms with Gasteiger partial charge in [0.2, 0.25) is 0 Å². The van der Waals surface area contributed by atoms with Crippen LogP contribution in [0.2, 0.25) is 0 Å². The summed E-state index contributed by atoms with van der Waals surface area (Å²) < 4.78 is 13.1. The zero-order valence-corrected chi connectivity index (χ0v) is 11.0. The topological polar surface area (TPSA) is 12.0 Å². The molecule has 0 aliphatic carbocycles. The van der Waals surface area contributed by atoms with Crippen molar-refractivity contribution < 1.29 is 4.39 Å². The van der Waals surface area contributed by atoms with Crippen molar-refractivity contribution >= 4 is 11.8 Å². The van der Waals surface area contributed by atoms with Gasteiger partial charge in [-0.05, 0) is 29.5 Å². The Morgan fingerprint density at radius 3 is 2.69 bits per heavy atom. The van der Waals surface area contributed by atoms with Gasteiger partial charge in [0.25, 0.3) is 0 Å². The molecule has 0 spiro atoms. The average molecular weight is 241 g/mol. The molecule has 0 saturated carbocycles. The van der Waals surface area contributed by atoms with Crippen LogP contribution in [-0.4, -0.2) is 17.5 Å². The van der Waals surface area contributed by atoms with Gasteiger partial charge in [0, 0.05) is 11.8 Å². The first-order chi connectivity index (χ1) is 7.63. The molecule has 0 heterocycles. The van der Waals surface area contributed by atoms with E-state index in [1.165, 1.54) is 6.07 Å². The third kappa shape index (κ3) is 4.54. The van der Waals surface area contributed by atoms with Crippen LogP contribution in [0, 0.1) is 5.82 Å². The summed E-state index contributed by atoms with van der Waals surface area (Å²) in [6.07, 6.45) is 0. The Bertz CT molecular complexity index is 315. The van der Waals surface area contributed by atoms with Gasteiger partial charge >= 0.3 is 0 Å². The number of benzene rings is 1. The van der Waals surface area contributed by atoms with Crippen molar-refractivity contribution in [2.24, 2.45) is 0 Å². The van der Waals surface area contributed by atoms with Crippen molar-refractivity contribution in [1.82, 2.24) is 5.32 Å². The second kappa shape index (κ2) is 6.92. The first-order valence-electron chi connectivity index (χ1n) is 5.74. The van der Waals surface area contributed by atoms with Crippen LogP contribution in [-0.2, 0) is 0 Å². The molecule has 1 nitrogen and oxygen atoms in total. The Kier molecular flexibility index (Phi) is 5.85. The molecule has 0 bridgehead atoms. The number of thioether (sulfide) groups is 1. The highest BCUT2D eigenvalue weighted by atomic mass is 32.2. The lowest BCUT2D eigenvalue weighted by Gasteiger charge is -2.19. The predicted octanol–water partition coefficient (Wildman–Crippen LogP) is 3.62. The smallest absolute Gasteiger partial charge is 0.123 e. The van der Waals surface area contributed by atoms with Crippen LogP contribution in [0.5, 0.6) is 0 Å². The fourth-order valence-electron chi connectivity index (χ4n) is 1.53. The van der Waals surface area contributed by atoms with Crippen LogP contribution in [0.3, 0.4) is 0 Å². The minimum Gasteiger partial charge on any atom is -0.310 e. The van der Waals surface area contributed by atoms with Gasteiger partial charge in [0.05, 0.1) is 0 Å². The number of nitrogens with one attached hydrogen (secondary N) is 1. The Morgan fingerprint density at radius 2 is 2.12 bits per heavy atom. The summed E-state index contributed by atoms with van der Waals surface area (Å²) in [4.78, 5) is 0. The molecule has 0 radical (unpaired) electrons. The summed E-state index contributed by atoms with van der Waals surface area (Å²) >= 11 is 1.90. The molecule has 16 heavy (non-hydrogen) atoms. The highest BCUT2D eigenvalue weighted by Crippen LogP contribution is 2.21. The Morgan fingerprint density at radius 1 is 1.38 bits per heavy atom. The van der Waals surface area contributed by atoms with E-state index in [9.17, 15) is 4.39 Å². The summed E-state index contributed by atoms with van der Waals surface area (Å²) in [5.74, 6) is 0.824. The molecule has 0 amide bonds. The predicted molar refractivity (Wildman–Crippen MR) is 70.4 cm³/mol. The Hall–Kier alpha value is -0.540. The molecular weight excluding hydrogens is 221 g/mol. The SMILES string of the molecule is CCNC(CSC(C)C)c1cccc(F)c1. The maximum Gasteiger partial charge on any atom is 0.123 e. The summed E-state index contributed by atoms with van der Waals surface area (Å²) in [6.45, 7) is 7.34. The quantitative estimate of drug-likeness (QED) is 0.816. The van der Waals surface area contributed by atoms with E-state index in [0.717, 1.165) is 17.9 Å². The van der Waals surface area contributed by atoms with Crippen LogP contribution < -0.4 is 5.32 Å². The van der Waals surface area contributed by atoms with Gasteiger partial charge in [0.1, 0.15) is 5.82 Å². The van der Waals surface area contributed by atoms with Crippen molar-refractivity contribution in [2.75, 3.05) is 12.3 Å². The van der Waals surface area contributed by atoms with E-state index >= 15 is 0 Å². The highest BCUT2D eigenvalue weighted by Gasteiger charge is 2.11. The monoisotopic (exact) mass is 241 g/mol. The molecule has 1 atom stereocenters. The van der Waals surface area contributed by atoms with E-state index in [-0.39, 0.29) is 11.9 Å². The number of rotatable bonds is 6. The number of halogens is 1. The summed E-state index contributed by atoms with van der Waals surface area (Å²) in [5.41, 5.74) is 1.04. The van der Waals surface area contributed by atoms with Gasteiger partial charge in [0.15, 0.2) is 0 Å². The summed E-state index contributed by atoms with van der Waals surface area (Å²) in [6, 6.07) is 7.11. The van der Waals surface area contributed by atoms with Crippen molar-refractivity contribution in [2.45, 2.75) is 32.1 Å². The molecule has 0 aromatic heterocycles. The van der Waals surface area contributed by atoms with Crippen LogP contribution in [0.1, 0.15) is 32.4 Å². The zero-order valence-electron chi connectivity index (χ0n) is 10.2. The molecule has 0 aliphatic heterocycles. The first-order valence-corrected chi connectivity index (χ1v) is 6.78. The van der Waals surface area contributed by atoms with Gasteiger partial charge in [-0.3, -0.25) is 0 Å². The lowest BCUT2D eigenvalue weighted by Crippen LogP contribution is -2.23. The van der Waals surface area contributed by atoms with Crippen LogP contribution >= 0.6 is 11.8 Å². The number of hydrogen-bond acceptors (Lipinski definition) is 2. The minimum atomic E-state index is -0.157. The van der Waals surface area contributed by atoms with Crippen molar-refractivity contribution in [3.05, 3.63) is 35.6 Å². The highest BCUT2D eigenvalue weighted by molar-refractivity contribution is 7.99. The Balaban J connectivity index is 2.68. The van der Waals surface area contributed by atoms with Crippen LogP contribution in [0.15, 0.2) is 24.3 Å². The molecule has 1 unspecified atom stereocenters. The van der Waals surface area contributed by atoms with E-state index in [0.29, 0.717) is 5.25 Å². The standard InChI is InChI=1S/C13H20FNS/c1-4-15-13(9-16-10(2)3)11-6-5-7-12(14)8-11/h5-8,10,13,15H,4,9H2,1-3H3. The second-order valence-electron chi connectivity index (χ2n) is 4.05. The van der Waals surface area contributed by atoms with Crippen LogP contribution in [0.4, 0.5) is 4.39 Å². The van der Waals surface area contributed by atoms with E-state index in [1.807, 2.05) is 17.8 Å². The number of hydrogen-bond donors (Lipinski definition) is 1. The van der Waals surface area contributed by atoms with Gasteiger partial charge in [-0.25, -0.2) is 4.39 Å². The third-order valence-electron chi connectivity index (χ3n) is 2.30. The maximum atomic E-state index is 13.1. The minimum absolute atomic E-state index is 0.157. The molecule has 1 rings (SSSR count). The molecule has 3 heteroatoms. The largest absolute Gasteiger partial charge is 0.310 e. The van der Waals surface area contributed by atoms with Gasteiger partial charge in [-0.15, -0.1) is 0 Å². The molecule has 0 fully saturated rings. The molecule has 1 aromatic carbocycles. The van der Waals surface area contributed by atoms with Gasteiger partial charge in [-0.1, -0.05) is 32.9 Å². The van der Waals surface area contributed by atoms with E-state index < -0.39 is 0 Å². The maximum absolute atomic E-state index is 13.1. The Labute approximate surface area is 102 Å². The molecule has 90 valence electrons. The second-order valence-corrected chi connectivity index (χ2v) is 5.66. The summed E-state index contributed by atoms with van der Waals surface area (Å²) in [7, 11) is 0. The van der Waals surface area contributed by atoms with Crippen LogP contribution in [0.25, 0.3) is 0 Å².